The summed E-state index contributed by atoms with van der Waals surface area (Å²) in [7, 11) is 0. The summed E-state index contributed by atoms with van der Waals surface area (Å²) >= 11 is 0. The van der Waals surface area contributed by atoms with Crippen LogP contribution in [0.25, 0.3) is 0 Å². The molecule has 0 aliphatic carbocycles. The minimum Gasteiger partial charge on any atom is -0.335 e. The van der Waals surface area contributed by atoms with Crippen LogP contribution in [0.15, 0.2) is 41.2 Å². The number of hydrogen-bond acceptors (Lipinski definition) is 5. The second-order valence-corrected chi connectivity index (χ2v) is 6.66. The van der Waals surface area contributed by atoms with E-state index in [0.29, 0.717) is 30.9 Å². The molecule has 0 spiro atoms. The number of benzene rings is 1. The molecule has 0 atom stereocenters. The van der Waals surface area contributed by atoms with Crippen LogP contribution < -0.4 is 5.56 Å². The maximum Gasteiger partial charge on any atom is 0.274 e. The van der Waals surface area contributed by atoms with E-state index in [1.54, 1.807) is 4.90 Å². The third-order valence-electron chi connectivity index (χ3n) is 4.67. The molecule has 1 aliphatic heterocycles. The zero-order valence-corrected chi connectivity index (χ0v) is 15.5. The molecular formula is C20H23N5O2. The van der Waals surface area contributed by atoms with Crippen LogP contribution in [-0.2, 0) is 13.1 Å². The van der Waals surface area contributed by atoms with Crippen LogP contribution in [-0.4, -0.2) is 51.7 Å². The maximum absolute atomic E-state index is 12.7. The fourth-order valence-corrected chi connectivity index (χ4v) is 3.15. The second-order valence-electron chi connectivity index (χ2n) is 6.66. The quantitative estimate of drug-likeness (QED) is 0.802. The molecule has 0 bridgehead atoms. The summed E-state index contributed by atoms with van der Waals surface area (Å²) in [6.45, 7) is 6.09. The molecule has 1 aliphatic rings. The number of hydrogen-bond donors (Lipinski definition) is 0. The SMILES string of the molecule is CCCn1nc(C(=O)N2CCN(Cc3ccc(C#N)cc3)CC2)ccc1=O. The Morgan fingerprint density at radius 2 is 1.81 bits per heavy atom. The second kappa shape index (κ2) is 8.60. The summed E-state index contributed by atoms with van der Waals surface area (Å²) in [5.41, 5.74) is 1.96. The zero-order chi connectivity index (χ0) is 19.2. The highest BCUT2D eigenvalue weighted by Gasteiger charge is 2.23. The number of carbonyl (C=O) groups excluding carboxylic acids is 1. The number of aromatic nitrogens is 2. The van der Waals surface area contributed by atoms with Gasteiger partial charge in [-0.15, -0.1) is 0 Å². The minimum absolute atomic E-state index is 0.127. The number of amides is 1. The van der Waals surface area contributed by atoms with Gasteiger partial charge in [0.1, 0.15) is 5.69 Å². The molecule has 0 unspecified atom stereocenters. The Kier molecular flexibility index (Phi) is 5.99. The Bertz CT molecular complexity index is 890. The maximum atomic E-state index is 12.7. The van der Waals surface area contributed by atoms with Gasteiger partial charge in [0.05, 0.1) is 11.6 Å². The lowest BCUT2D eigenvalue weighted by molar-refractivity contribution is 0.0620. The largest absolute Gasteiger partial charge is 0.335 e. The predicted molar refractivity (Wildman–Crippen MR) is 101 cm³/mol. The summed E-state index contributed by atoms with van der Waals surface area (Å²) in [6, 6.07) is 12.6. The van der Waals surface area contributed by atoms with Crippen molar-refractivity contribution in [2.75, 3.05) is 26.2 Å². The van der Waals surface area contributed by atoms with Crippen molar-refractivity contribution in [3.05, 3.63) is 63.6 Å². The lowest BCUT2D eigenvalue weighted by Crippen LogP contribution is -2.48. The van der Waals surface area contributed by atoms with Crippen molar-refractivity contribution in [3.63, 3.8) is 0 Å². The van der Waals surface area contributed by atoms with Gasteiger partial charge in [-0.1, -0.05) is 19.1 Å². The Balaban J connectivity index is 1.58. The lowest BCUT2D eigenvalue weighted by Gasteiger charge is -2.34. The van der Waals surface area contributed by atoms with E-state index < -0.39 is 0 Å². The molecular weight excluding hydrogens is 342 g/mol. The van der Waals surface area contributed by atoms with E-state index in [4.69, 9.17) is 5.26 Å². The molecule has 1 saturated heterocycles. The number of nitriles is 1. The van der Waals surface area contributed by atoms with E-state index in [1.165, 1.54) is 16.8 Å². The van der Waals surface area contributed by atoms with Gasteiger partial charge in [0.2, 0.25) is 0 Å². The van der Waals surface area contributed by atoms with Gasteiger partial charge < -0.3 is 4.90 Å². The van der Waals surface area contributed by atoms with Crippen molar-refractivity contribution in [2.45, 2.75) is 26.4 Å². The van der Waals surface area contributed by atoms with E-state index in [2.05, 4.69) is 16.1 Å². The van der Waals surface area contributed by atoms with Crippen LogP contribution >= 0.6 is 0 Å². The van der Waals surface area contributed by atoms with E-state index in [9.17, 15) is 9.59 Å². The van der Waals surface area contributed by atoms with Crippen molar-refractivity contribution in [3.8, 4) is 6.07 Å². The molecule has 7 nitrogen and oxygen atoms in total. The first-order valence-corrected chi connectivity index (χ1v) is 9.19. The van der Waals surface area contributed by atoms with Crippen molar-refractivity contribution >= 4 is 5.91 Å². The van der Waals surface area contributed by atoms with Crippen LogP contribution in [0.3, 0.4) is 0 Å². The smallest absolute Gasteiger partial charge is 0.274 e. The molecule has 27 heavy (non-hydrogen) atoms. The summed E-state index contributed by atoms with van der Waals surface area (Å²) in [5.74, 6) is -0.127. The Hall–Kier alpha value is -2.98. The molecule has 1 amide bonds. The fraction of sp³-hybridized carbons (Fsp3) is 0.400. The number of piperazine rings is 1. The number of aryl methyl sites for hydroxylation is 1. The lowest BCUT2D eigenvalue weighted by atomic mass is 10.1. The molecule has 7 heteroatoms. The molecule has 1 fully saturated rings. The number of rotatable bonds is 5. The topological polar surface area (TPSA) is 82.2 Å². The first-order valence-electron chi connectivity index (χ1n) is 9.19. The van der Waals surface area contributed by atoms with Gasteiger partial charge >= 0.3 is 0 Å². The molecule has 3 rings (SSSR count). The summed E-state index contributed by atoms with van der Waals surface area (Å²) in [5, 5.41) is 13.1. The van der Waals surface area contributed by atoms with Gasteiger partial charge in [-0.3, -0.25) is 14.5 Å². The van der Waals surface area contributed by atoms with Crippen molar-refractivity contribution in [1.29, 1.82) is 5.26 Å². The average molecular weight is 365 g/mol. The molecule has 140 valence electrons. The highest BCUT2D eigenvalue weighted by molar-refractivity contribution is 5.92. The highest BCUT2D eigenvalue weighted by atomic mass is 16.2. The van der Waals surface area contributed by atoms with Crippen LogP contribution in [0.4, 0.5) is 0 Å². The first kappa shape index (κ1) is 18.8. The molecule has 0 saturated carbocycles. The zero-order valence-electron chi connectivity index (χ0n) is 15.5. The van der Waals surface area contributed by atoms with Crippen LogP contribution in [0.2, 0.25) is 0 Å². The molecule has 2 heterocycles. The molecule has 0 N–H and O–H groups in total. The molecule has 1 aromatic carbocycles. The summed E-state index contributed by atoms with van der Waals surface area (Å²) < 4.78 is 1.36. The predicted octanol–water partition coefficient (Wildman–Crippen LogP) is 1.48. The summed E-state index contributed by atoms with van der Waals surface area (Å²) in [4.78, 5) is 28.5. The molecule has 2 aromatic rings. The first-order chi connectivity index (χ1) is 13.1. The monoisotopic (exact) mass is 365 g/mol. The highest BCUT2D eigenvalue weighted by Crippen LogP contribution is 2.11. The normalized spacial score (nSPS) is 14.7. The number of carbonyl (C=O) groups is 1. The number of nitrogens with zero attached hydrogens (tertiary/aromatic N) is 5. The van der Waals surface area contributed by atoms with Gasteiger partial charge in [0.15, 0.2) is 0 Å². The van der Waals surface area contributed by atoms with Gasteiger partial charge in [0, 0.05) is 45.3 Å². The van der Waals surface area contributed by atoms with Crippen molar-refractivity contribution in [2.24, 2.45) is 0 Å². The van der Waals surface area contributed by atoms with E-state index in [1.807, 2.05) is 31.2 Å². The fourth-order valence-electron chi connectivity index (χ4n) is 3.15. The van der Waals surface area contributed by atoms with Gasteiger partial charge in [-0.2, -0.15) is 10.4 Å². The van der Waals surface area contributed by atoms with E-state index in [0.717, 1.165) is 31.6 Å². The Morgan fingerprint density at radius 1 is 1.11 bits per heavy atom. The molecule has 1 aromatic heterocycles. The van der Waals surface area contributed by atoms with Crippen molar-refractivity contribution < 1.29 is 4.79 Å². The van der Waals surface area contributed by atoms with Crippen LogP contribution in [0, 0.1) is 11.3 Å². The standard InChI is InChI=1S/C20H23N5O2/c1-2-9-25-19(26)8-7-18(22-25)20(27)24-12-10-23(11-13-24)15-17-5-3-16(14-21)4-6-17/h3-8H,2,9-13,15H2,1H3. The third-order valence-corrected chi connectivity index (χ3v) is 4.67. The van der Waals surface area contributed by atoms with Gasteiger partial charge in [0.25, 0.3) is 11.5 Å². The average Bonchev–Trinajstić information content (AvgIpc) is 2.70. The Morgan fingerprint density at radius 3 is 2.44 bits per heavy atom. The molecule has 0 radical (unpaired) electrons. The van der Waals surface area contributed by atoms with E-state index >= 15 is 0 Å². The Labute approximate surface area is 158 Å². The van der Waals surface area contributed by atoms with E-state index in [-0.39, 0.29) is 11.5 Å². The third kappa shape index (κ3) is 4.60. The minimum atomic E-state index is -0.180. The van der Waals surface area contributed by atoms with Crippen LogP contribution in [0.1, 0.15) is 35.0 Å². The van der Waals surface area contributed by atoms with Crippen molar-refractivity contribution in [1.82, 2.24) is 19.6 Å². The van der Waals surface area contributed by atoms with Gasteiger partial charge in [-0.05, 0) is 30.2 Å². The summed E-state index contributed by atoms with van der Waals surface area (Å²) in [6.07, 6.45) is 0.790. The van der Waals surface area contributed by atoms with Crippen LogP contribution in [0.5, 0.6) is 0 Å². The van der Waals surface area contributed by atoms with Gasteiger partial charge in [-0.25, -0.2) is 4.68 Å².